The molecule has 0 atom stereocenters. The number of hydrogen-bond donors (Lipinski definition) is 1. The van der Waals surface area contributed by atoms with Gasteiger partial charge in [-0.25, -0.2) is 4.79 Å². The molecule has 1 N–H and O–H groups in total. The van der Waals surface area contributed by atoms with Gasteiger partial charge in [-0.15, -0.1) is 0 Å². The average Bonchev–Trinajstić information content (AvgIpc) is 3.11. The van der Waals surface area contributed by atoms with E-state index >= 15 is 0 Å². The Morgan fingerprint density at radius 1 is 1.48 bits per heavy atom. The molecular formula is C15H14BrNO4. The third-order valence-corrected chi connectivity index (χ3v) is 3.93. The largest absolute Gasteiger partial charge is 0.491 e. The van der Waals surface area contributed by atoms with Crippen molar-refractivity contribution in [2.24, 2.45) is 5.92 Å². The van der Waals surface area contributed by atoms with Crippen LogP contribution in [0.15, 0.2) is 27.2 Å². The number of benzene rings is 1. The number of carboxylic acid groups (broad SMARTS) is 1. The first kappa shape index (κ1) is 14.1. The summed E-state index contributed by atoms with van der Waals surface area (Å²) in [7, 11) is 0. The van der Waals surface area contributed by atoms with E-state index in [0.717, 1.165) is 10.0 Å². The number of halogens is 1. The molecule has 0 spiro atoms. The van der Waals surface area contributed by atoms with E-state index in [1.165, 1.54) is 18.9 Å². The predicted molar refractivity (Wildman–Crippen MR) is 79.6 cm³/mol. The molecule has 0 unspecified atom stereocenters. The van der Waals surface area contributed by atoms with Crippen molar-refractivity contribution in [3.63, 3.8) is 0 Å². The highest BCUT2D eigenvalue weighted by atomic mass is 79.9. The molecule has 110 valence electrons. The number of hydrogen-bond acceptors (Lipinski definition) is 4. The van der Waals surface area contributed by atoms with Gasteiger partial charge in [-0.1, -0.05) is 5.16 Å². The number of nitrogens with zero attached hydrogens (tertiary/aromatic N) is 1. The van der Waals surface area contributed by atoms with Crippen LogP contribution in [0.2, 0.25) is 0 Å². The summed E-state index contributed by atoms with van der Waals surface area (Å²) >= 11 is 3.50. The van der Waals surface area contributed by atoms with Crippen LogP contribution in [0.1, 0.15) is 28.9 Å². The highest BCUT2D eigenvalue weighted by molar-refractivity contribution is 9.10. The third-order valence-electron chi connectivity index (χ3n) is 3.34. The van der Waals surface area contributed by atoms with Crippen LogP contribution in [-0.2, 0) is 0 Å². The number of carboxylic acids is 1. The lowest BCUT2D eigenvalue weighted by Crippen LogP contribution is -2.01. The molecule has 0 bridgehead atoms. The SMILES string of the molecule is Cc1cc(Br)c(OCC2CC2)c(-c2cc(C(=O)O)no2)c1. The van der Waals surface area contributed by atoms with Crippen molar-refractivity contribution in [3.05, 3.63) is 33.9 Å². The first-order valence-electron chi connectivity index (χ1n) is 6.68. The smallest absolute Gasteiger partial charge is 0.358 e. The molecule has 21 heavy (non-hydrogen) atoms. The van der Waals surface area contributed by atoms with Gasteiger partial charge in [0.15, 0.2) is 11.5 Å². The van der Waals surface area contributed by atoms with Crippen LogP contribution in [0.5, 0.6) is 5.75 Å². The van der Waals surface area contributed by atoms with Crippen LogP contribution < -0.4 is 4.74 Å². The van der Waals surface area contributed by atoms with Gasteiger partial charge >= 0.3 is 5.97 Å². The topological polar surface area (TPSA) is 72.6 Å². The molecule has 0 radical (unpaired) electrons. The lowest BCUT2D eigenvalue weighted by molar-refractivity contribution is 0.0686. The second-order valence-electron chi connectivity index (χ2n) is 5.26. The van der Waals surface area contributed by atoms with E-state index in [9.17, 15) is 4.79 Å². The Kier molecular flexibility index (Phi) is 3.71. The summed E-state index contributed by atoms with van der Waals surface area (Å²) in [5.74, 6) is 0.565. The van der Waals surface area contributed by atoms with Gasteiger partial charge in [0, 0.05) is 6.07 Å². The van der Waals surface area contributed by atoms with E-state index in [1.54, 1.807) is 0 Å². The van der Waals surface area contributed by atoms with Crippen LogP contribution in [0.4, 0.5) is 0 Å². The van der Waals surface area contributed by atoms with Gasteiger partial charge in [0.25, 0.3) is 0 Å². The van der Waals surface area contributed by atoms with Crippen molar-refractivity contribution < 1.29 is 19.2 Å². The predicted octanol–water partition coefficient (Wildman–Crippen LogP) is 3.90. The van der Waals surface area contributed by atoms with E-state index in [1.807, 2.05) is 19.1 Å². The maximum absolute atomic E-state index is 10.9. The number of aromatic carboxylic acids is 1. The van der Waals surface area contributed by atoms with E-state index in [4.69, 9.17) is 14.4 Å². The number of aryl methyl sites for hydroxylation is 1. The normalized spacial score (nSPS) is 14.2. The Balaban J connectivity index is 1.99. The minimum Gasteiger partial charge on any atom is -0.491 e. The Labute approximate surface area is 130 Å². The van der Waals surface area contributed by atoms with Crippen molar-refractivity contribution >= 4 is 21.9 Å². The van der Waals surface area contributed by atoms with Gasteiger partial charge in [-0.3, -0.25) is 0 Å². The molecule has 1 aliphatic rings. The molecule has 1 aromatic carbocycles. The summed E-state index contributed by atoms with van der Waals surface area (Å²) < 4.78 is 11.9. The Hall–Kier alpha value is -1.82. The fourth-order valence-electron chi connectivity index (χ4n) is 2.05. The molecule has 1 aromatic heterocycles. The second-order valence-corrected chi connectivity index (χ2v) is 6.11. The fraction of sp³-hybridized carbons (Fsp3) is 0.333. The van der Waals surface area contributed by atoms with Gasteiger partial charge in [0.2, 0.25) is 0 Å². The average molecular weight is 352 g/mol. The van der Waals surface area contributed by atoms with Crippen molar-refractivity contribution in [2.45, 2.75) is 19.8 Å². The quantitative estimate of drug-likeness (QED) is 0.884. The lowest BCUT2D eigenvalue weighted by atomic mass is 10.1. The summed E-state index contributed by atoms with van der Waals surface area (Å²) in [4.78, 5) is 10.9. The molecular weight excluding hydrogens is 338 g/mol. The van der Waals surface area contributed by atoms with Crippen molar-refractivity contribution in [1.29, 1.82) is 0 Å². The van der Waals surface area contributed by atoms with Gasteiger partial charge in [0.1, 0.15) is 5.75 Å². The molecule has 1 heterocycles. The van der Waals surface area contributed by atoms with Crippen LogP contribution in [0.25, 0.3) is 11.3 Å². The number of rotatable bonds is 5. The van der Waals surface area contributed by atoms with E-state index in [2.05, 4.69) is 21.1 Å². The molecule has 1 fully saturated rings. The zero-order chi connectivity index (χ0) is 15.0. The van der Waals surface area contributed by atoms with E-state index < -0.39 is 5.97 Å². The molecule has 2 aromatic rings. The minimum absolute atomic E-state index is 0.115. The zero-order valence-electron chi connectivity index (χ0n) is 11.4. The van der Waals surface area contributed by atoms with E-state index in [-0.39, 0.29) is 5.69 Å². The number of carbonyl (C=O) groups is 1. The molecule has 0 aliphatic heterocycles. The molecule has 0 amide bonds. The van der Waals surface area contributed by atoms with Gasteiger partial charge in [0.05, 0.1) is 16.6 Å². The Morgan fingerprint density at radius 2 is 2.24 bits per heavy atom. The summed E-state index contributed by atoms with van der Waals surface area (Å²) in [5.41, 5.74) is 1.61. The monoisotopic (exact) mass is 351 g/mol. The maximum Gasteiger partial charge on any atom is 0.358 e. The molecule has 3 rings (SSSR count). The van der Waals surface area contributed by atoms with Crippen LogP contribution in [0.3, 0.4) is 0 Å². The number of aromatic nitrogens is 1. The third kappa shape index (κ3) is 3.10. The van der Waals surface area contributed by atoms with Gasteiger partial charge < -0.3 is 14.4 Å². The first-order chi connectivity index (χ1) is 10.0. The molecule has 0 saturated heterocycles. The summed E-state index contributed by atoms with van der Waals surface area (Å²) in [5, 5.41) is 12.5. The van der Waals surface area contributed by atoms with Crippen molar-refractivity contribution in [3.8, 4) is 17.1 Å². The molecule has 5 nitrogen and oxygen atoms in total. The van der Waals surface area contributed by atoms with Gasteiger partial charge in [-0.05, 0) is 59.3 Å². The molecule has 1 aliphatic carbocycles. The summed E-state index contributed by atoms with van der Waals surface area (Å²) in [6, 6.07) is 5.27. The highest BCUT2D eigenvalue weighted by Crippen LogP contribution is 2.39. The Morgan fingerprint density at radius 3 is 2.86 bits per heavy atom. The zero-order valence-corrected chi connectivity index (χ0v) is 13.0. The summed E-state index contributed by atoms with van der Waals surface area (Å²) in [6.07, 6.45) is 2.40. The van der Waals surface area contributed by atoms with Gasteiger partial charge in [-0.2, -0.15) is 0 Å². The van der Waals surface area contributed by atoms with E-state index in [0.29, 0.717) is 29.6 Å². The molecule has 1 saturated carbocycles. The standard InChI is InChI=1S/C15H14BrNO4/c1-8-4-10(13-6-12(15(18)19)17-21-13)14(11(16)5-8)20-7-9-2-3-9/h4-6,9H,2-3,7H2,1H3,(H,18,19). The minimum atomic E-state index is -1.11. The second kappa shape index (κ2) is 5.52. The van der Waals surface area contributed by atoms with Crippen molar-refractivity contribution in [2.75, 3.05) is 6.61 Å². The molecule has 6 heteroatoms. The van der Waals surface area contributed by atoms with Crippen LogP contribution in [0, 0.1) is 12.8 Å². The van der Waals surface area contributed by atoms with Crippen molar-refractivity contribution in [1.82, 2.24) is 5.16 Å². The maximum atomic E-state index is 10.9. The Bertz CT molecular complexity index is 691. The van der Waals surface area contributed by atoms with Crippen LogP contribution in [-0.4, -0.2) is 22.8 Å². The van der Waals surface area contributed by atoms with Crippen LogP contribution >= 0.6 is 15.9 Å². The lowest BCUT2D eigenvalue weighted by Gasteiger charge is -2.12. The first-order valence-corrected chi connectivity index (χ1v) is 7.47. The number of ether oxygens (including phenoxy) is 1. The fourth-order valence-corrected chi connectivity index (χ4v) is 2.74. The summed E-state index contributed by atoms with van der Waals surface area (Å²) in [6.45, 7) is 2.61. The highest BCUT2D eigenvalue weighted by Gasteiger charge is 2.24.